The van der Waals surface area contributed by atoms with Crippen LogP contribution in [0.25, 0.3) is 5.65 Å². The Hall–Kier alpha value is -3.49. The maximum atomic E-state index is 6.61. The van der Waals surface area contributed by atoms with E-state index in [4.69, 9.17) is 10.7 Å². The minimum absolute atomic E-state index is 0.522. The quantitative estimate of drug-likeness (QED) is 0.476. The average Bonchev–Trinajstić information content (AvgIpc) is 3.13. The number of hydrogen-bond acceptors (Lipinski definition) is 3. The summed E-state index contributed by atoms with van der Waals surface area (Å²) < 4.78 is 1.79. The van der Waals surface area contributed by atoms with Crippen molar-refractivity contribution in [2.75, 3.05) is 5.73 Å². The van der Waals surface area contributed by atoms with Crippen molar-refractivity contribution >= 4 is 39.9 Å². The fourth-order valence-corrected chi connectivity index (χ4v) is 8.38. The van der Waals surface area contributed by atoms with Gasteiger partial charge in [0.05, 0.1) is 0 Å². The molecule has 5 rings (SSSR count). The number of nitrogens with two attached hydrogens (primary N) is 1. The van der Waals surface area contributed by atoms with Crippen LogP contribution in [0.5, 0.6) is 0 Å². The molecule has 0 aliphatic heterocycles. The summed E-state index contributed by atoms with van der Waals surface area (Å²) in [7, 11) is -2.31. The van der Waals surface area contributed by atoms with E-state index in [1.54, 1.807) is 10.7 Å². The van der Waals surface area contributed by atoms with Gasteiger partial charge in [-0.1, -0.05) is 54.6 Å². The summed E-state index contributed by atoms with van der Waals surface area (Å²) in [5, 5.41) is 9.30. The van der Waals surface area contributed by atoms with Crippen molar-refractivity contribution in [1.82, 2.24) is 14.6 Å². The molecule has 0 amide bonds. The van der Waals surface area contributed by atoms with Crippen LogP contribution >= 0.6 is 7.26 Å². The number of fused-ring (bicyclic) bond motifs is 1. The second kappa shape index (κ2) is 7.16. The first-order valence-corrected chi connectivity index (χ1v) is 11.3. The maximum absolute atomic E-state index is 6.61. The smallest absolute Gasteiger partial charge is 0.201 e. The van der Waals surface area contributed by atoms with Crippen molar-refractivity contribution < 1.29 is 0 Å². The van der Waals surface area contributed by atoms with E-state index in [2.05, 4.69) is 77.9 Å². The fraction of sp³-hybridized carbons (Fsp3) is 0. The van der Waals surface area contributed by atoms with Crippen LogP contribution in [-0.4, -0.2) is 14.6 Å². The van der Waals surface area contributed by atoms with Crippen LogP contribution in [-0.2, 0) is 0 Å². The molecule has 0 aliphatic carbocycles. The Balaban J connectivity index is 2.00. The number of anilines is 1. The first-order valence-electron chi connectivity index (χ1n) is 9.47. The zero-order chi connectivity index (χ0) is 19.7. The summed E-state index contributed by atoms with van der Waals surface area (Å²) in [6, 6.07) is 33.7. The summed E-state index contributed by atoms with van der Waals surface area (Å²) in [6.07, 6.45) is 3.70. The van der Waals surface area contributed by atoms with Gasteiger partial charge in [-0.2, -0.15) is 0 Å². The summed E-state index contributed by atoms with van der Waals surface area (Å²) in [6.45, 7) is 0. The SMILES string of the molecule is Nc1nn2cccnc2c1[P+](c1ccccc1)(c1ccccc1)c1ccccc1. The maximum Gasteiger partial charge on any atom is 0.201 e. The zero-order valence-electron chi connectivity index (χ0n) is 15.8. The lowest BCUT2D eigenvalue weighted by Gasteiger charge is -2.26. The van der Waals surface area contributed by atoms with Gasteiger partial charge >= 0.3 is 0 Å². The minimum Gasteiger partial charge on any atom is -0.379 e. The second-order valence-corrected chi connectivity index (χ2v) is 10.1. The van der Waals surface area contributed by atoms with E-state index in [-0.39, 0.29) is 0 Å². The van der Waals surface area contributed by atoms with Crippen LogP contribution < -0.4 is 27.0 Å². The molecule has 0 bridgehead atoms. The van der Waals surface area contributed by atoms with Crippen LogP contribution in [0.2, 0.25) is 0 Å². The van der Waals surface area contributed by atoms with Crippen LogP contribution in [0.15, 0.2) is 109 Å². The number of hydrogen-bond donors (Lipinski definition) is 1. The molecule has 0 radical (unpaired) electrons. The van der Waals surface area contributed by atoms with E-state index in [0.717, 1.165) is 11.0 Å². The van der Waals surface area contributed by atoms with Crippen LogP contribution in [0.1, 0.15) is 0 Å². The van der Waals surface area contributed by atoms with Gasteiger partial charge < -0.3 is 5.73 Å². The molecule has 2 N–H and O–H groups in total. The molecule has 0 aliphatic rings. The highest BCUT2D eigenvalue weighted by Crippen LogP contribution is 2.56. The topological polar surface area (TPSA) is 56.2 Å². The van der Waals surface area contributed by atoms with Crippen LogP contribution in [0, 0.1) is 0 Å². The standard InChI is InChI=1S/C24H20N4P/c25-23-22(24-26-17-10-18-28(24)27-23)29(19-11-4-1-5-12-19,20-13-6-2-7-14-20)21-15-8-3-9-16-21/h1-18H,(H2,25,27)/q+1. The Kier molecular flexibility index (Phi) is 4.34. The molecule has 29 heavy (non-hydrogen) atoms. The van der Waals surface area contributed by atoms with Crippen molar-refractivity contribution in [1.29, 1.82) is 0 Å². The summed E-state index contributed by atoms with van der Waals surface area (Å²) in [4.78, 5) is 4.69. The molecule has 0 saturated carbocycles. The van der Waals surface area contributed by atoms with Crippen molar-refractivity contribution in [2.45, 2.75) is 0 Å². The molecule has 0 unspecified atom stereocenters. The third kappa shape index (κ3) is 2.72. The highest BCUT2D eigenvalue weighted by molar-refractivity contribution is 8.02. The molecule has 2 heterocycles. The van der Waals surface area contributed by atoms with Gasteiger partial charge in [-0.3, -0.25) is 0 Å². The molecule has 0 fully saturated rings. The molecule has 0 atom stereocenters. The monoisotopic (exact) mass is 395 g/mol. The Morgan fingerprint density at radius 3 is 1.62 bits per heavy atom. The molecular weight excluding hydrogens is 375 g/mol. The van der Waals surface area contributed by atoms with Crippen LogP contribution in [0.3, 0.4) is 0 Å². The predicted octanol–water partition coefficient (Wildman–Crippen LogP) is 2.93. The summed E-state index contributed by atoms with van der Waals surface area (Å²) in [5.74, 6) is 0.522. The van der Waals surface area contributed by atoms with Crippen molar-refractivity contribution in [3.05, 3.63) is 109 Å². The first-order chi connectivity index (χ1) is 14.3. The molecular formula is C24H20N4P+. The van der Waals surface area contributed by atoms with Gasteiger partial charge in [0.2, 0.25) is 5.65 Å². The Bertz CT molecular complexity index is 1150. The molecule has 5 heteroatoms. The third-order valence-corrected chi connectivity index (χ3v) is 9.48. The van der Waals surface area contributed by atoms with Gasteiger partial charge in [-0.25, -0.2) is 9.50 Å². The van der Waals surface area contributed by atoms with E-state index >= 15 is 0 Å². The lowest BCUT2D eigenvalue weighted by molar-refractivity contribution is 0.945. The molecule has 0 saturated heterocycles. The number of aromatic nitrogens is 3. The Morgan fingerprint density at radius 2 is 1.14 bits per heavy atom. The average molecular weight is 395 g/mol. The van der Waals surface area contributed by atoms with Gasteiger partial charge in [0.15, 0.2) is 18.4 Å². The van der Waals surface area contributed by atoms with Gasteiger partial charge in [0.1, 0.15) is 15.9 Å². The molecule has 0 spiro atoms. The molecule has 140 valence electrons. The normalized spacial score (nSPS) is 11.6. The van der Waals surface area contributed by atoms with Crippen molar-refractivity contribution in [3.8, 4) is 0 Å². The largest absolute Gasteiger partial charge is 0.379 e. The minimum atomic E-state index is -2.31. The molecule has 5 aromatic rings. The predicted molar refractivity (Wildman–Crippen MR) is 122 cm³/mol. The first kappa shape index (κ1) is 17.6. The highest BCUT2D eigenvalue weighted by Gasteiger charge is 2.52. The zero-order valence-corrected chi connectivity index (χ0v) is 16.7. The van der Waals surface area contributed by atoms with E-state index in [9.17, 15) is 0 Å². The van der Waals surface area contributed by atoms with Gasteiger partial charge in [-0.15, -0.1) is 5.10 Å². The molecule has 3 aromatic carbocycles. The van der Waals surface area contributed by atoms with Crippen molar-refractivity contribution in [2.24, 2.45) is 0 Å². The lowest BCUT2D eigenvalue weighted by Crippen LogP contribution is -2.39. The van der Waals surface area contributed by atoms with E-state index < -0.39 is 7.26 Å². The summed E-state index contributed by atoms with van der Waals surface area (Å²) in [5.41, 5.74) is 7.41. The Labute approximate surface area is 170 Å². The molecule has 2 aromatic heterocycles. The number of nitrogen functional groups attached to an aromatic ring is 1. The van der Waals surface area contributed by atoms with Gasteiger partial charge in [-0.05, 0) is 42.5 Å². The van der Waals surface area contributed by atoms with E-state index in [1.165, 1.54) is 15.9 Å². The Morgan fingerprint density at radius 1 is 0.655 bits per heavy atom. The van der Waals surface area contributed by atoms with E-state index in [1.807, 2.05) is 30.5 Å². The third-order valence-electron chi connectivity index (χ3n) is 5.16. The molecule has 4 nitrogen and oxygen atoms in total. The fourth-order valence-electron chi connectivity index (χ4n) is 4.00. The second-order valence-electron chi connectivity index (χ2n) is 6.80. The van der Waals surface area contributed by atoms with Gasteiger partial charge in [0, 0.05) is 12.4 Å². The number of benzene rings is 3. The summed E-state index contributed by atoms with van der Waals surface area (Å²) >= 11 is 0. The van der Waals surface area contributed by atoms with E-state index in [0.29, 0.717) is 5.82 Å². The van der Waals surface area contributed by atoms with Crippen molar-refractivity contribution in [3.63, 3.8) is 0 Å². The van der Waals surface area contributed by atoms with Crippen LogP contribution in [0.4, 0.5) is 5.82 Å². The lowest BCUT2D eigenvalue weighted by atomic mass is 10.3. The highest BCUT2D eigenvalue weighted by atomic mass is 31.2. The number of rotatable bonds is 4. The van der Waals surface area contributed by atoms with Gasteiger partial charge in [0.25, 0.3) is 0 Å². The number of nitrogens with zero attached hydrogens (tertiary/aromatic N) is 3.